The molecule has 13 aromatic carbocycles. The van der Waals surface area contributed by atoms with Gasteiger partial charge in [-0.25, -0.2) is 0 Å². The molecular weight excluding hydrogens is 1020 g/mol. The smallest absolute Gasteiger partial charge is 0.0620 e. The van der Waals surface area contributed by atoms with Crippen molar-refractivity contribution < 1.29 is 0 Å². The highest BCUT2D eigenvalue weighted by atomic mass is 14.9. The number of hydrogen-bond donors (Lipinski definition) is 0. The van der Waals surface area contributed by atoms with Crippen molar-refractivity contribution in [3.63, 3.8) is 0 Å². The van der Waals surface area contributed by atoms with Gasteiger partial charge >= 0.3 is 0 Å². The summed E-state index contributed by atoms with van der Waals surface area (Å²) in [4.78, 5) is 0. The van der Waals surface area contributed by atoms with E-state index in [1.54, 1.807) is 0 Å². The summed E-state index contributed by atoms with van der Waals surface area (Å²) in [6.45, 7) is 0. The molecule has 0 N–H and O–H groups in total. The molecule has 8 aromatic heterocycles. The van der Waals surface area contributed by atoms with Crippen LogP contribution in [0.4, 0.5) is 0 Å². The summed E-state index contributed by atoms with van der Waals surface area (Å²) in [5.74, 6) is 0.0293. The summed E-state index contributed by atoms with van der Waals surface area (Å²) >= 11 is 0. The van der Waals surface area contributed by atoms with Crippen LogP contribution in [0.1, 0.15) is 45.2 Å². The molecule has 8 heterocycles. The van der Waals surface area contributed by atoms with E-state index < -0.39 is 0 Å². The van der Waals surface area contributed by atoms with Crippen molar-refractivity contribution >= 4 is 152 Å². The van der Waals surface area contributed by atoms with Gasteiger partial charge in [0.2, 0.25) is 0 Å². The minimum absolute atomic E-state index is 0.0147. The van der Waals surface area contributed by atoms with Gasteiger partial charge in [-0.15, -0.1) is 0 Å². The number of para-hydroxylation sites is 6. The highest BCUT2D eigenvalue weighted by Crippen LogP contribution is 2.49. The van der Waals surface area contributed by atoms with Gasteiger partial charge in [-0.05, 0) is 118 Å². The maximum Gasteiger partial charge on any atom is 0.0620 e. The second-order valence-corrected chi connectivity index (χ2v) is 23.9. The normalized spacial score (nSPS) is 13.6. The van der Waals surface area contributed by atoms with Crippen LogP contribution in [0.3, 0.4) is 0 Å². The molecule has 0 aliphatic rings. The topological polar surface area (TPSA) is 17.6 Å². The molecule has 21 aromatic rings. The molecule has 0 bridgehead atoms. The molecule has 0 saturated heterocycles. The van der Waals surface area contributed by atoms with Gasteiger partial charge in [0.05, 0.1) is 66.2 Å². The minimum Gasteiger partial charge on any atom is -0.308 e. The van der Waals surface area contributed by atoms with Crippen molar-refractivity contribution in [1.82, 2.24) is 17.6 Å². The summed E-state index contributed by atoms with van der Waals surface area (Å²) in [6, 6.07) is 102. The average molecular weight is 1060 g/mol. The molecule has 0 amide bonds. The highest BCUT2D eigenvalue weighted by Gasteiger charge is 2.29. The molecule has 4 nitrogen and oxygen atoms in total. The summed E-state index contributed by atoms with van der Waals surface area (Å²) in [6.07, 6.45) is 0. The Bertz CT molecular complexity index is 5790. The molecule has 0 aliphatic heterocycles. The SMILES string of the molecule is c1ccc(C(c2ccc3c(c2)c2cccc4c5cc6c(cc5n3c24)c2cccc3c4cc(C(c5ccccc5)c5cc7c8ccccc8n8c9ccccc9c(c5)c78)ccc4n6c32)c2cc3c4ccccc4n4c5ccccc5c(c2)c34)cc1. The zero-order chi connectivity index (χ0) is 54.2. The van der Waals surface area contributed by atoms with Crippen LogP contribution >= 0.6 is 0 Å². The molecule has 386 valence electrons. The monoisotopic (exact) mass is 1060 g/mol. The van der Waals surface area contributed by atoms with E-state index in [4.69, 9.17) is 0 Å². The Balaban J connectivity index is 0.752. The van der Waals surface area contributed by atoms with Gasteiger partial charge in [0, 0.05) is 98.0 Å². The molecule has 2 atom stereocenters. The lowest BCUT2D eigenvalue weighted by Gasteiger charge is -2.20. The van der Waals surface area contributed by atoms with Crippen molar-refractivity contribution in [3.8, 4) is 0 Å². The number of nitrogens with zero attached hydrogens (tertiary/aromatic N) is 4. The second-order valence-electron chi connectivity index (χ2n) is 23.9. The first-order valence-corrected chi connectivity index (χ1v) is 29.5. The fraction of sp³-hybridized carbons (Fsp3) is 0.0250. The van der Waals surface area contributed by atoms with Crippen molar-refractivity contribution in [1.29, 1.82) is 0 Å². The number of hydrogen-bond acceptors (Lipinski definition) is 0. The van der Waals surface area contributed by atoms with E-state index in [1.165, 1.54) is 186 Å². The van der Waals surface area contributed by atoms with Crippen LogP contribution in [-0.4, -0.2) is 17.6 Å². The van der Waals surface area contributed by atoms with Crippen LogP contribution in [0, 0.1) is 0 Å². The third kappa shape index (κ3) is 5.36. The van der Waals surface area contributed by atoms with E-state index in [1.807, 2.05) is 0 Å². The quantitative estimate of drug-likeness (QED) is 0.148. The lowest BCUT2D eigenvalue weighted by atomic mass is 9.83. The first-order valence-electron chi connectivity index (χ1n) is 29.5. The van der Waals surface area contributed by atoms with Crippen molar-refractivity contribution in [2.45, 2.75) is 11.8 Å². The molecule has 0 spiro atoms. The third-order valence-corrected chi connectivity index (χ3v) is 19.9. The molecular formula is C80H46N4. The van der Waals surface area contributed by atoms with E-state index in [0.29, 0.717) is 0 Å². The van der Waals surface area contributed by atoms with Gasteiger partial charge < -0.3 is 17.6 Å². The first-order chi connectivity index (χ1) is 41.7. The molecule has 0 fully saturated rings. The second kappa shape index (κ2) is 15.5. The molecule has 0 radical (unpaired) electrons. The maximum absolute atomic E-state index is 2.57. The maximum atomic E-state index is 2.57. The van der Waals surface area contributed by atoms with Crippen LogP contribution in [0.15, 0.2) is 267 Å². The summed E-state index contributed by atoms with van der Waals surface area (Å²) in [5.41, 5.74) is 23.0. The standard InChI is InChI=1S/C80H46N4/c1-3-17-45(18-4-1)75(49-39-63-51-21-7-11-29-67(51)81-68-30-12-8-22-52(68)64(40-49)79(63)81)47-33-35-71-59(37-47)55-25-15-27-57-61-44-74-62(43-73(61)83(71)77(55)57)58-28-16-26-56-60-38-48(34-36-72(60)84(74)78(56)58)76(46-19-5-2-6-20-46)50-41-65-53-23-9-13-31-69(53)82-70-32-14-10-24-54(70)66(42-50)80(65)82/h1-44,75-76H. The lowest BCUT2D eigenvalue weighted by Crippen LogP contribution is -2.03. The van der Waals surface area contributed by atoms with Crippen molar-refractivity contribution in [2.24, 2.45) is 0 Å². The first kappa shape index (κ1) is 43.8. The largest absolute Gasteiger partial charge is 0.308 e. The fourth-order valence-electron chi connectivity index (χ4n) is 16.6. The Labute approximate surface area is 479 Å². The molecule has 84 heavy (non-hydrogen) atoms. The number of aromatic nitrogens is 4. The molecule has 2 unspecified atom stereocenters. The van der Waals surface area contributed by atoms with Crippen LogP contribution in [0.25, 0.3) is 152 Å². The summed E-state index contributed by atoms with van der Waals surface area (Å²) in [5, 5.41) is 20.7. The Morgan fingerprint density at radius 1 is 0.155 bits per heavy atom. The number of benzene rings is 13. The zero-order valence-corrected chi connectivity index (χ0v) is 45.3. The number of fused-ring (bicyclic) bond motifs is 24. The predicted molar refractivity (Wildman–Crippen MR) is 353 cm³/mol. The molecule has 0 saturated carbocycles. The van der Waals surface area contributed by atoms with Crippen LogP contribution < -0.4 is 0 Å². The summed E-state index contributed by atoms with van der Waals surface area (Å²) in [7, 11) is 0. The van der Waals surface area contributed by atoms with E-state index in [-0.39, 0.29) is 11.8 Å². The molecule has 0 aliphatic carbocycles. The van der Waals surface area contributed by atoms with Crippen LogP contribution in [0.5, 0.6) is 0 Å². The third-order valence-electron chi connectivity index (χ3n) is 19.9. The Morgan fingerprint density at radius 3 is 0.774 bits per heavy atom. The average Bonchev–Trinajstić information content (AvgIpc) is 1.76. The van der Waals surface area contributed by atoms with E-state index in [9.17, 15) is 0 Å². The Kier molecular flexibility index (Phi) is 8.10. The van der Waals surface area contributed by atoms with Gasteiger partial charge in [-0.1, -0.05) is 182 Å². The van der Waals surface area contributed by atoms with Gasteiger partial charge in [0.15, 0.2) is 0 Å². The van der Waals surface area contributed by atoms with Gasteiger partial charge in [-0.3, -0.25) is 0 Å². The zero-order valence-electron chi connectivity index (χ0n) is 45.3. The predicted octanol–water partition coefficient (Wildman–Crippen LogP) is 20.6. The minimum atomic E-state index is 0.0147. The Hall–Kier alpha value is -10.9. The molecule has 4 heteroatoms. The van der Waals surface area contributed by atoms with E-state index in [0.717, 1.165) is 0 Å². The molecule has 21 rings (SSSR count). The highest BCUT2D eigenvalue weighted by molar-refractivity contribution is 6.30. The van der Waals surface area contributed by atoms with Gasteiger partial charge in [0.25, 0.3) is 0 Å². The van der Waals surface area contributed by atoms with Gasteiger partial charge in [-0.2, -0.15) is 0 Å². The van der Waals surface area contributed by atoms with Crippen LogP contribution in [0.2, 0.25) is 0 Å². The van der Waals surface area contributed by atoms with Crippen molar-refractivity contribution in [2.75, 3.05) is 0 Å². The van der Waals surface area contributed by atoms with E-state index >= 15 is 0 Å². The van der Waals surface area contributed by atoms with E-state index in [2.05, 4.69) is 285 Å². The van der Waals surface area contributed by atoms with Crippen LogP contribution in [-0.2, 0) is 0 Å². The fourth-order valence-corrected chi connectivity index (χ4v) is 16.6. The van der Waals surface area contributed by atoms with Gasteiger partial charge in [0.1, 0.15) is 0 Å². The van der Waals surface area contributed by atoms with Crippen molar-refractivity contribution in [3.05, 3.63) is 300 Å². The summed E-state index contributed by atoms with van der Waals surface area (Å²) < 4.78 is 10.1. The lowest BCUT2D eigenvalue weighted by molar-refractivity contribution is 0.985. The Morgan fingerprint density at radius 2 is 0.417 bits per heavy atom. The number of rotatable bonds is 6.